The van der Waals surface area contributed by atoms with Gasteiger partial charge in [0.15, 0.2) is 11.6 Å². The molecule has 0 aromatic carbocycles. The molecule has 3 rings (SSSR count). The number of anilines is 1. The molecule has 0 saturated carbocycles. The summed E-state index contributed by atoms with van der Waals surface area (Å²) in [5.41, 5.74) is -0.738. The molecule has 0 aliphatic carbocycles. The van der Waals surface area contributed by atoms with Crippen molar-refractivity contribution in [1.82, 2.24) is 24.5 Å². The molecule has 10 nitrogen and oxygen atoms in total. The third-order valence-electron chi connectivity index (χ3n) is 4.17. The van der Waals surface area contributed by atoms with Gasteiger partial charge in [0.05, 0.1) is 24.0 Å². The van der Waals surface area contributed by atoms with Crippen LogP contribution in [0.5, 0.6) is 11.5 Å². The Morgan fingerprint density at radius 2 is 2.13 bits per heavy atom. The first-order chi connectivity index (χ1) is 14.1. The third kappa shape index (κ3) is 5.29. The highest BCUT2D eigenvalue weighted by molar-refractivity contribution is 5.92. The number of aliphatic hydroxyl groups is 1. The van der Waals surface area contributed by atoms with E-state index in [1.165, 1.54) is 16.9 Å². The summed E-state index contributed by atoms with van der Waals surface area (Å²) < 4.78 is 8.24. The molecule has 10 heteroatoms. The summed E-state index contributed by atoms with van der Waals surface area (Å²) >= 11 is 0. The molecule has 0 saturated heterocycles. The minimum Gasteiger partial charge on any atom is -0.454 e. The van der Waals surface area contributed by atoms with Gasteiger partial charge in [-0.15, -0.1) is 0 Å². The molecule has 3 heterocycles. The standard InChI is InChI=1S/C20H24N6O4/c1-13-16(6-5-8-21-13)30-15-10-18(27)26(22-11-15)14(2)19(28)23-17-7-9-25(24-17)12-20(3,4)29/h5-11,14,29H,12H2,1-4H3,(H,23,24,28). The van der Waals surface area contributed by atoms with Crippen LogP contribution in [0.2, 0.25) is 0 Å². The van der Waals surface area contributed by atoms with Crippen LogP contribution in [-0.4, -0.2) is 41.2 Å². The first kappa shape index (κ1) is 21.2. The zero-order valence-corrected chi connectivity index (χ0v) is 17.2. The summed E-state index contributed by atoms with van der Waals surface area (Å²) in [7, 11) is 0. The van der Waals surface area contributed by atoms with Crippen LogP contribution in [0.15, 0.2) is 47.7 Å². The maximum absolute atomic E-state index is 12.5. The molecule has 0 spiro atoms. The monoisotopic (exact) mass is 412 g/mol. The number of aryl methyl sites for hydroxylation is 1. The Morgan fingerprint density at radius 1 is 1.37 bits per heavy atom. The average Bonchev–Trinajstić information content (AvgIpc) is 3.08. The van der Waals surface area contributed by atoms with Crippen molar-refractivity contribution in [3.8, 4) is 11.5 Å². The summed E-state index contributed by atoms with van der Waals surface area (Å²) in [4.78, 5) is 29.1. The minimum atomic E-state index is -0.935. The highest BCUT2D eigenvalue weighted by Crippen LogP contribution is 2.21. The molecule has 1 amide bonds. The lowest BCUT2D eigenvalue weighted by Crippen LogP contribution is -2.33. The third-order valence-corrected chi connectivity index (χ3v) is 4.17. The first-order valence-electron chi connectivity index (χ1n) is 9.37. The van der Waals surface area contributed by atoms with Crippen molar-refractivity contribution < 1.29 is 14.6 Å². The van der Waals surface area contributed by atoms with Gasteiger partial charge in [0, 0.05) is 24.5 Å². The van der Waals surface area contributed by atoms with Crippen molar-refractivity contribution >= 4 is 11.7 Å². The molecule has 0 aliphatic heterocycles. The predicted molar refractivity (Wildman–Crippen MR) is 109 cm³/mol. The lowest BCUT2D eigenvalue weighted by Gasteiger charge is -2.16. The summed E-state index contributed by atoms with van der Waals surface area (Å²) in [6, 6.07) is 5.47. The van der Waals surface area contributed by atoms with Crippen LogP contribution >= 0.6 is 0 Å². The molecule has 3 aromatic heterocycles. The molecule has 1 atom stereocenters. The van der Waals surface area contributed by atoms with E-state index < -0.39 is 23.1 Å². The van der Waals surface area contributed by atoms with Crippen LogP contribution in [0.1, 0.15) is 32.5 Å². The number of carbonyl (C=O) groups excluding carboxylic acids is 1. The van der Waals surface area contributed by atoms with Gasteiger partial charge in [0.2, 0.25) is 5.91 Å². The van der Waals surface area contributed by atoms with Crippen LogP contribution in [0.25, 0.3) is 0 Å². The molecule has 30 heavy (non-hydrogen) atoms. The molecule has 0 bridgehead atoms. The molecule has 158 valence electrons. The molecular formula is C20H24N6O4. The van der Waals surface area contributed by atoms with Crippen molar-refractivity contribution in [3.63, 3.8) is 0 Å². The number of aromatic nitrogens is 5. The largest absolute Gasteiger partial charge is 0.454 e. The Labute approximate surface area is 173 Å². The van der Waals surface area contributed by atoms with Gasteiger partial charge in [-0.2, -0.15) is 10.2 Å². The van der Waals surface area contributed by atoms with E-state index in [0.717, 1.165) is 4.68 Å². The number of hydrogen-bond donors (Lipinski definition) is 2. The first-order valence-corrected chi connectivity index (χ1v) is 9.37. The fourth-order valence-corrected chi connectivity index (χ4v) is 2.71. The predicted octanol–water partition coefficient (Wildman–Crippen LogP) is 1.91. The Balaban J connectivity index is 1.69. The molecule has 0 fully saturated rings. The molecular weight excluding hydrogens is 388 g/mol. The second-order valence-corrected chi connectivity index (χ2v) is 7.54. The van der Waals surface area contributed by atoms with Gasteiger partial charge >= 0.3 is 0 Å². The van der Waals surface area contributed by atoms with Gasteiger partial charge in [-0.1, -0.05) is 0 Å². The highest BCUT2D eigenvalue weighted by atomic mass is 16.5. The Hall–Kier alpha value is -3.53. The van der Waals surface area contributed by atoms with Gasteiger partial charge in [0.25, 0.3) is 5.56 Å². The van der Waals surface area contributed by atoms with E-state index in [2.05, 4.69) is 20.5 Å². The van der Waals surface area contributed by atoms with Crippen LogP contribution < -0.4 is 15.6 Å². The van der Waals surface area contributed by atoms with E-state index in [-0.39, 0.29) is 12.3 Å². The molecule has 0 radical (unpaired) electrons. The van der Waals surface area contributed by atoms with E-state index in [1.807, 2.05) is 0 Å². The number of pyridine rings is 1. The maximum atomic E-state index is 12.5. The highest BCUT2D eigenvalue weighted by Gasteiger charge is 2.20. The topological polar surface area (TPSA) is 124 Å². The van der Waals surface area contributed by atoms with Crippen molar-refractivity contribution in [3.05, 3.63) is 58.9 Å². The number of nitrogens with zero attached hydrogens (tertiary/aromatic N) is 5. The van der Waals surface area contributed by atoms with Gasteiger partial charge in [-0.05, 0) is 39.8 Å². The van der Waals surface area contributed by atoms with Crippen molar-refractivity contribution in [1.29, 1.82) is 0 Å². The summed E-state index contributed by atoms with van der Waals surface area (Å²) in [6.07, 6.45) is 4.66. The van der Waals surface area contributed by atoms with Gasteiger partial charge in [-0.3, -0.25) is 19.3 Å². The van der Waals surface area contributed by atoms with Crippen LogP contribution in [0.3, 0.4) is 0 Å². The summed E-state index contributed by atoms with van der Waals surface area (Å²) in [5.74, 6) is 0.639. The lowest BCUT2D eigenvalue weighted by atomic mass is 10.1. The van der Waals surface area contributed by atoms with Gasteiger partial charge < -0.3 is 15.2 Å². The molecule has 3 aromatic rings. The molecule has 1 unspecified atom stereocenters. The van der Waals surface area contributed by atoms with Crippen LogP contribution in [0, 0.1) is 6.92 Å². The number of hydrogen-bond acceptors (Lipinski definition) is 7. The van der Waals surface area contributed by atoms with Crippen LogP contribution in [0.4, 0.5) is 5.82 Å². The number of ether oxygens (including phenoxy) is 1. The van der Waals surface area contributed by atoms with Crippen LogP contribution in [-0.2, 0) is 11.3 Å². The Kier molecular flexibility index (Phi) is 5.97. The van der Waals surface area contributed by atoms with E-state index in [9.17, 15) is 14.7 Å². The lowest BCUT2D eigenvalue weighted by molar-refractivity contribution is -0.119. The normalized spacial score (nSPS) is 12.4. The number of carbonyl (C=O) groups is 1. The summed E-state index contributed by atoms with van der Waals surface area (Å²) in [6.45, 7) is 6.95. The van der Waals surface area contributed by atoms with Gasteiger partial charge in [-0.25, -0.2) is 4.68 Å². The van der Waals surface area contributed by atoms with Crippen molar-refractivity contribution in [2.75, 3.05) is 5.32 Å². The zero-order valence-electron chi connectivity index (χ0n) is 17.2. The Bertz CT molecular complexity index is 1100. The number of nitrogens with one attached hydrogen (secondary N) is 1. The fourth-order valence-electron chi connectivity index (χ4n) is 2.71. The van der Waals surface area contributed by atoms with Gasteiger partial charge in [0.1, 0.15) is 11.8 Å². The van der Waals surface area contributed by atoms with Crippen molar-refractivity contribution in [2.45, 2.75) is 45.9 Å². The van der Waals surface area contributed by atoms with E-state index in [0.29, 0.717) is 17.3 Å². The van der Waals surface area contributed by atoms with E-state index >= 15 is 0 Å². The van der Waals surface area contributed by atoms with E-state index in [4.69, 9.17) is 4.74 Å². The second kappa shape index (κ2) is 8.46. The Morgan fingerprint density at radius 3 is 2.80 bits per heavy atom. The quantitative estimate of drug-likeness (QED) is 0.607. The number of amides is 1. The minimum absolute atomic E-state index is 0.255. The smallest absolute Gasteiger partial charge is 0.271 e. The number of rotatable bonds is 7. The molecule has 0 aliphatic rings. The average molecular weight is 412 g/mol. The second-order valence-electron chi connectivity index (χ2n) is 7.54. The summed E-state index contributed by atoms with van der Waals surface area (Å²) in [5, 5.41) is 20.7. The maximum Gasteiger partial charge on any atom is 0.271 e. The van der Waals surface area contributed by atoms with E-state index in [1.54, 1.807) is 58.3 Å². The molecule has 2 N–H and O–H groups in total. The SMILES string of the molecule is Cc1ncccc1Oc1cnn(C(C)C(=O)Nc2ccn(CC(C)(C)O)n2)c(=O)c1. The fraction of sp³-hybridized carbons (Fsp3) is 0.350. The zero-order chi connectivity index (χ0) is 21.9. The van der Waals surface area contributed by atoms with Crippen molar-refractivity contribution in [2.24, 2.45) is 0 Å².